The lowest BCUT2D eigenvalue weighted by molar-refractivity contribution is 0.438. The lowest BCUT2D eigenvalue weighted by Crippen LogP contribution is -2.17. The molecule has 3 N–H and O–H groups in total. The standard InChI is InChI=1S/C6H15NO2S/c1-6(2,3)4-5-10(7,8)9/h5H,4H2,1-3H3,(H3,7,8,9). The molecule has 10 heavy (non-hydrogen) atoms. The summed E-state index contributed by atoms with van der Waals surface area (Å²) < 4.78 is 19.1. The van der Waals surface area contributed by atoms with Crippen LogP contribution in [0.1, 0.15) is 27.2 Å². The average Bonchev–Trinajstić information content (AvgIpc) is 1.57. The van der Waals surface area contributed by atoms with Crippen LogP contribution in [0.5, 0.6) is 0 Å². The van der Waals surface area contributed by atoms with Gasteiger partial charge in [-0.3, -0.25) is 0 Å². The van der Waals surface area contributed by atoms with Crippen LogP contribution in [0, 0.1) is 5.41 Å². The molecular formula is C6H15NO2S. The number of rotatable bonds is 1. The Morgan fingerprint density at radius 3 is 2.10 bits per heavy atom. The van der Waals surface area contributed by atoms with Crippen molar-refractivity contribution in [2.75, 3.05) is 0 Å². The molecule has 0 saturated carbocycles. The maximum absolute atomic E-state index is 10.5. The summed E-state index contributed by atoms with van der Waals surface area (Å²) in [7, 11) is -3.13. The summed E-state index contributed by atoms with van der Waals surface area (Å²) >= 11 is 0. The van der Waals surface area contributed by atoms with Crippen LogP contribution in [0.15, 0.2) is 0 Å². The molecule has 0 radical (unpaired) electrons. The van der Waals surface area contributed by atoms with Gasteiger partial charge in [0.1, 0.15) is 9.99 Å². The van der Waals surface area contributed by atoms with E-state index in [4.69, 9.17) is 9.69 Å². The summed E-state index contributed by atoms with van der Waals surface area (Å²) in [5.41, 5.74) is 0.0325. The van der Waals surface area contributed by atoms with Crippen LogP contribution in [0.2, 0.25) is 0 Å². The van der Waals surface area contributed by atoms with Crippen LogP contribution in [0.3, 0.4) is 0 Å². The molecule has 0 amide bonds. The van der Waals surface area contributed by atoms with E-state index in [1.54, 1.807) is 0 Å². The first-order valence-corrected chi connectivity index (χ1v) is 4.72. The predicted molar refractivity (Wildman–Crippen MR) is 45.1 cm³/mol. The molecule has 62 valence electrons. The molecule has 3 nitrogen and oxygen atoms in total. The molecule has 0 heterocycles. The summed E-state index contributed by atoms with van der Waals surface area (Å²) in [4.78, 5) is 0. The minimum Gasteiger partial charge on any atom is -0.303 e. The number of hydrogen-bond acceptors (Lipinski definition) is 1. The van der Waals surface area contributed by atoms with Crippen molar-refractivity contribution < 1.29 is 8.76 Å². The second-order valence-electron chi connectivity index (χ2n) is 3.55. The Morgan fingerprint density at radius 2 is 2.00 bits per heavy atom. The van der Waals surface area contributed by atoms with E-state index in [1.807, 2.05) is 20.8 Å². The summed E-state index contributed by atoms with van der Waals surface area (Å²) in [5.74, 6) is 0. The van der Waals surface area contributed by atoms with Gasteiger partial charge in [0.05, 0.1) is 0 Å². The van der Waals surface area contributed by atoms with Crippen molar-refractivity contribution in [2.24, 2.45) is 10.6 Å². The SMILES string of the molecule is CC(C)(C)CC=S(N)(=O)O. The zero-order chi connectivity index (χ0) is 8.41. The quantitative estimate of drug-likeness (QED) is 0.566. The highest BCUT2D eigenvalue weighted by Crippen LogP contribution is 2.16. The van der Waals surface area contributed by atoms with Crippen molar-refractivity contribution in [2.45, 2.75) is 27.2 Å². The first-order chi connectivity index (χ1) is 4.21. The third-order valence-corrected chi connectivity index (χ3v) is 1.58. The summed E-state index contributed by atoms with van der Waals surface area (Å²) in [6, 6.07) is 0. The molecule has 0 aromatic heterocycles. The molecule has 0 bridgehead atoms. The van der Waals surface area contributed by atoms with Gasteiger partial charge in [-0.15, -0.1) is 0 Å². The van der Waals surface area contributed by atoms with Crippen LogP contribution in [-0.4, -0.2) is 14.1 Å². The van der Waals surface area contributed by atoms with Gasteiger partial charge in [-0.05, 0) is 11.8 Å². The Balaban J connectivity index is 4.13. The Hall–Kier alpha value is -0.0600. The fourth-order valence-corrected chi connectivity index (χ4v) is 1.11. The zero-order valence-electron chi connectivity index (χ0n) is 6.63. The Labute approximate surface area is 62.6 Å². The van der Waals surface area contributed by atoms with Crippen molar-refractivity contribution >= 4 is 15.4 Å². The smallest absolute Gasteiger partial charge is 0.138 e. The molecule has 0 aliphatic rings. The first kappa shape index (κ1) is 9.94. The monoisotopic (exact) mass is 165 g/mol. The van der Waals surface area contributed by atoms with Crippen LogP contribution in [-0.2, 0) is 9.99 Å². The third-order valence-electron chi connectivity index (χ3n) is 0.935. The van der Waals surface area contributed by atoms with Gasteiger partial charge in [0, 0.05) is 5.37 Å². The van der Waals surface area contributed by atoms with Crippen molar-refractivity contribution in [3.05, 3.63) is 0 Å². The van der Waals surface area contributed by atoms with E-state index in [1.165, 1.54) is 5.37 Å². The fourth-order valence-electron chi connectivity index (χ4n) is 0.369. The van der Waals surface area contributed by atoms with Crippen LogP contribution >= 0.6 is 0 Å². The minimum absolute atomic E-state index is 0.0325. The zero-order valence-corrected chi connectivity index (χ0v) is 7.44. The van der Waals surface area contributed by atoms with Crippen molar-refractivity contribution in [1.29, 1.82) is 0 Å². The van der Waals surface area contributed by atoms with E-state index in [0.29, 0.717) is 6.42 Å². The van der Waals surface area contributed by atoms with Crippen molar-refractivity contribution in [3.63, 3.8) is 0 Å². The molecule has 0 spiro atoms. The summed E-state index contributed by atoms with van der Waals surface area (Å²) in [6.07, 6.45) is 0.554. The van der Waals surface area contributed by atoms with E-state index in [9.17, 15) is 4.21 Å². The molecule has 1 unspecified atom stereocenters. The Kier molecular flexibility index (Phi) is 2.88. The molecule has 0 fully saturated rings. The Morgan fingerprint density at radius 1 is 1.60 bits per heavy atom. The van der Waals surface area contributed by atoms with Gasteiger partial charge in [0.15, 0.2) is 0 Å². The molecule has 0 aromatic carbocycles. The molecule has 0 aromatic rings. The molecular weight excluding hydrogens is 150 g/mol. The van der Waals surface area contributed by atoms with E-state index < -0.39 is 9.99 Å². The van der Waals surface area contributed by atoms with Gasteiger partial charge < -0.3 is 4.55 Å². The van der Waals surface area contributed by atoms with Gasteiger partial charge in [0.2, 0.25) is 0 Å². The van der Waals surface area contributed by atoms with Gasteiger partial charge in [0.25, 0.3) is 0 Å². The molecule has 0 aliphatic heterocycles. The predicted octanol–water partition coefficient (Wildman–Crippen LogP) is 0.856. The number of nitrogens with two attached hydrogens (primary N) is 1. The highest BCUT2D eigenvalue weighted by Gasteiger charge is 2.08. The first-order valence-electron chi connectivity index (χ1n) is 3.08. The maximum atomic E-state index is 10.5. The molecule has 0 rings (SSSR count). The third kappa shape index (κ3) is 7.94. The van der Waals surface area contributed by atoms with E-state index in [2.05, 4.69) is 0 Å². The lowest BCUT2D eigenvalue weighted by atomic mass is 9.94. The topological polar surface area (TPSA) is 63.3 Å². The second-order valence-corrected chi connectivity index (χ2v) is 5.11. The summed E-state index contributed by atoms with van der Waals surface area (Å²) in [5, 5.41) is 6.13. The van der Waals surface area contributed by atoms with Gasteiger partial charge >= 0.3 is 0 Å². The van der Waals surface area contributed by atoms with Gasteiger partial charge in [-0.2, -0.15) is 0 Å². The van der Waals surface area contributed by atoms with Crippen LogP contribution in [0.25, 0.3) is 0 Å². The molecule has 0 aliphatic carbocycles. The highest BCUT2D eigenvalue weighted by molar-refractivity contribution is 7.93. The van der Waals surface area contributed by atoms with E-state index >= 15 is 0 Å². The second kappa shape index (κ2) is 2.90. The lowest BCUT2D eigenvalue weighted by Gasteiger charge is -2.14. The normalized spacial score (nSPS) is 18.1. The van der Waals surface area contributed by atoms with E-state index in [-0.39, 0.29) is 5.41 Å². The molecule has 1 atom stereocenters. The Bertz CT molecular complexity index is 200. The van der Waals surface area contributed by atoms with Crippen molar-refractivity contribution in [1.82, 2.24) is 0 Å². The van der Waals surface area contributed by atoms with E-state index in [0.717, 1.165) is 0 Å². The molecule has 0 saturated heterocycles. The minimum atomic E-state index is -3.13. The number of hydrogen-bond donors (Lipinski definition) is 2. The average molecular weight is 165 g/mol. The highest BCUT2D eigenvalue weighted by atomic mass is 32.2. The largest absolute Gasteiger partial charge is 0.303 e. The van der Waals surface area contributed by atoms with Crippen molar-refractivity contribution in [3.8, 4) is 0 Å². The van der Waals surface area contributed by atoms with Crippen LogP contribution < -0.4 is 5.14 Å². The van der Waals surface area contributed by atoms with Gasteiger partial charge in [-0.25, -0.2) is 9.35 Å². The fraction of sp³-hybridized carbons (Fsp3) is 0.833. The molecule has 4 heteroatoms. The van der Waals surface area contributed by atoms with Crippen LogP contribution in [0.4, 0.5) is 0 Å². The van der Waals surface area contributed by atoms with Gasteiger partial charge in [-0.1, -0.05) is 20.8 Å². The maximum Gasteiger partial charge on any atom is 0.138 e. The summed E-state index contributed by atoms with van der Waals surface area (Å²) in [6.45, 7) is 5.94.